The third-order valence-corrected chi connectivity index (χ3v) is 4.45. The zero-order valence-corrected chi connectivity index (χ0v) is 13.4. The number of aromatic nitrogens is 1. The van der Waals surface area contributed by atoms with Gasteiger partial charge < -0.3 is 5.11 Å². The molecule has 0 fully saturated rings. The smallest absolute Gasteiger partial charge is 0.238 e. The molecule has 1 aromatic heterocycles. The number of nitrogens with two attached hydrogens (primary N) is 1. The predicted molar refractivity (Wildman–Crippen MR) is 84.8 cm³/mol. The Bertz CT molecular complexity index is 743. The Morgan fingerprint density at radius 1 is 1.18 bits per heavy atom. The molecule has 5 nitrogen and oxygen atoms in total. The third-order valence-electron chi connectivity index (χ3n) is 3.48. The number of primary sulfonamides is 1. The summed E-state index contributed by atoms with van der Waals surface area (Å²) in [4.78, 5) is 4.25. The van der Waals surface area contributed by atoms with E-state index in [-0.39, 0.29) is 17.2 Å². The van der Waals surface area contributed by atoms with Gasteiger partial charge in [0, 0.05) is 12.6 Å². The van der Waals surface area contributed by atoms with Gasteiger partial charge in [-0.15, -0.1) is 0 Å². The molecule has 0 spiro atoms. The maximum Gasteiger partial charge on any atom is 0.238 e. The summed E-state index contributed by atoms with van der Waals surface area (Å²) in [5, 5.41) is 15.6. The molecule has 0 amide bonds. The van der Waals surface area contributed by atoms with Crippen molar-refractivity contribution in [2.75, 3.05) is 0 Å². The molecule has 0 radical (unpaired) electrons. The molecular formula is C16H20N2O3S. The van der Waals surface area contributed by atoms with Gasteiger partial charge in [-0.25, -0.2) is 13.6 Å². The Labute approximate surface area is 130 Å². The van der Waals surface area contributed by atoms with Gasteiger partial charge in [-0.05, 0) is 35.2 Å². The second-order valence-electron chi connectivity index (χ2n) is 5.50. The van der Waals surface area contributed by atoms with Gasteiger partial charge in [0.1, 0.15) is 0 Å². The van der Waals surface area contributed by atoms with Crippen LogP contribution in [0.15, 0.2) is 47.5 Å². The lowest BCUT2D eigenvalue weighted by molar-refractivity contribution is 0.173. The van der Waals surface area contributed by atoms with E-state index >= 15 is 0 Å². The van der Waals surface area contributed by atoms with E-state index in [1.54, 1.807) is 30.5 Å². The minimum absolute atomic E-state index is 0.0274. The summed E-state index contributed by atoms with van der Waals surface area (Å²) in [5.41, 5.74) is 1.97. The standard InChI is InChI=1S/C16H20N2O3S/c1-11(2)16-12(6-5-8-15(16)22(17,20)21)10-14(19)13-7-3-4-9-18-13/h3-9,11,14,19H,10H2,1-2H3,(H2,17,20,21). The largest absolute Gasteiger partial charge is 0.386 e. The molecule has 118 valence electrons. The van der Waals surface area contributed by atoms with Crippen LogP contribution in [0.25, 0.3) is 0 Å². The van der Waals surface area contributed by atoms with Crippen LogP contribution >= 0.6 is 0 Å². The highest BCUT2D eigenvalue weighted by Crippen LogP contribution is 2.29. The van der Waals surface area contributed by atoms with Crippen molar-refractivity contribution >= 4 is 10.0 Å². The van der Waals surface area contributed by atoms with Gasteiger partial charge in [-0.3, -0.25) is 4.98 Å². The first-order valence-electron chi connectivity index (χ1n) is 7.04. The minimum atomic E-state index is -3.80. The first kappa shape index (κ1) is 16.6. The van der Waals surface area contributed by atoms with Crippen LogP contribution in [-0.4, -0.2) is 18.5 Å². The summed E-state index contributed by atoms with van der Waals surface area (Å²) in [6.45, 7) is 3.81. The molecule has 6 heteroatoms. The van der Waals surface area contributed by atoms with Gasteiger partial charge in [-0.2, -0.15) is 0 Å². The lowest BCUT2D eigenvalue weighted by Gasteiger charge is -2.18. The fourth-order valence-electron chi connectivity index (χ4n) is 2.56. The second kappa shape index (κ2) is 6.56. The molecular weight excluding hydrogens is 300 g/mol. The van der Waals surface area contributed by atoms with Crippen molar-refractivity contribution in [3.05, 3.63) is 59.4 Å². The molecule has 0 aliphatic heterocycles. The maximum atomic E-state index is 11.8. The van der Waals surface area contributed by atoms with Gasteiger partial charge in [0.25, 0.3) is 0 Å². The van der Waals surface area contributed by atoms with Crippen LogP contribution in [0.1, 0.15) is 42.7 Å². The molecule has 0 aliphatic carbocycles. The van der Waals surface area contributed by atoms with E-state index in [1.807, 2.05) is 19.9 Å². The Hall–Kier alpha value is -1.76. The van der Waals surface area contributed by atoms with E-state index in [4.69, 9.17) is 5.14 Å². The molecule has 1 aromatic carbocycles. The molecule has 3 N–H and O–H groups in total. The minimum Gasteiger partial charge on any atom is -0.386 e. The van der Waals surface area contributed by atoms with Crippen molar-refractivity contribution in [1.29, 1.82) is 0 Å². The van der Waals surface area contributed by atoms with Crippen LogP contribution in [0.3, 0.4) is 0 Å². The van der Waals surface area contributed by atoms with Gasteiger partial charge in [0.2, 0.25) is 10.0 Å². The average Bonchev–Trinajstić information content (AvgIpc) is 2.46. The number of hydrogen-bond donors (Lipinski definition) is 2. The van der Waals surface area contributed by atoms with Crippen molar-refractivity contribution in [2.45, 2.75) is 37.2 Å². The van der Waals surface area contributed by atoms with Crippen molar-refractivity contribution in [2.24, 2.45) is 5.14 Å². The first-order chi connectivity index (χ1) is 10.3. The monoisotopic (exact) mass is 320 g/mol. The molecule has 22 heavy (non-hydrogen) atoms. The summed E-state index contributed by atoms with van der Waals surface area (Å²) < 4.78 is 23.5. The average molecular weight is 320 g/mol. The zero-order chi connectivity index (χ0) is 16.3. The Balaban J connectivity index is 2.44. The number of nitrogens with zero attached hydrogens (tertiary/aromatic N) is 1. The van der Waals surface area contributed by atoms with E-state index in [9.17, 15) is 13.5 Å². The predicted octanol–water partition coefficient (Wildman–Crippen LogP) is 2.13. The number of hydrogen-bond acceptors (Lipinski definition) is 4. The molecule has 2 rings (SSSR count). The second-order valence-corrected chi connectivity index (χ2v) is 7.03. The van der Waals surface area contributed by atoms with Gasteiger partial charge in [-0.1, -0.05) is 32.0 Å². The van der Waals surface area contributed by atoms with Crippen molar-refractivity contribution in [1.82, 2.24) is 4.98 Å². The SMILES string of the molecule is CC(C)c1c(CC(O)c2ccccn2)cccc1S(N)(=O)=O. The molecule has 0 bridgehead atoms. The Morgan fingerprint density at radius 3 is 2.45 bits per heavy atom. The number of sulfonamides is 1. The molecule has 0 saturated heterocycles. The highest BCUT2D eigenvalue weighted by molar-refractivity contribution is 7.89. The number of aliphatic hydroxyl groups is 1. The highest BCUT2D eigenvalue weighted by Gasteiger charge is 2.21. The lowest BCUT2D eigenvalue weighted by atomic mass is 9.93. The molecule has 0 aliphatic rings. The molecule has 2 aromatic rings. The molecule has 1 atom stereocenters. The van der Waals surface area contributed by atoms with Crippen LogP contribution in [0.4, 0.5) is 0 Å². The van der Waals surface area contributed by atoms with Crippen LogP contribution in [0, 0.1) is 0 Å². The first-order valence-corrected chi connectivity index (χ1v) is 8.59. The van der Waals surface area contributed by atoms with Crippen LogP contribution < -0.4 is 5.14 Å². The fourth-order valence-corrected chi connectivity index (χ4v) is 3.50. The maximum absolute atomic E-state index is 11.8. The van der Waals surface area contributed by atoms with Gasteiger partial charge in [0.15, 0.2) is 0 Å². The van der Waals surface area contributed by atoms with E-state index in [0.717, 1.165) is 5.56 Å². The lowest BCUT2D eigenvalue weighted by Crippen LogP contribution is -2.17. The molecule has 1 heterocycles. The normalized spacial score (nSPS) is 13.3. The van der Waals surface area contributed by atoms with Gasteiger partial charge in [0.05, 0.1) is 16.7 Å². The fraction of sp³-hybridized carbons (Fsp3) is 0.312. The third kappa shape index (κ3) is 3.71. The highest BCUT2D eigenvalue weighted by atomic mass is 32.2. The van der Waals surface area contributed by atoms with Crippen LogP contribution in [0.5, 0.6) is 0 Å². The van der Waals surface area contributed by atoms with Crippen molar-refractivity contribution in [3.8, 4) is 0 Å². The van der Waals surface area contributed by atoms with Crippen LogP contribution in [0.2, 0.25) is 0 Å². The van der Waals surface area contributed by atoms with E-state index in [2.05, 4.69) is 4.98 Å². The van der Waals surface area contributed by atoms with Crippen molar-refractivity contribution < 1.29 is 13.5 Å². The number of rotatable bonds is 5. The van der Waals surface area contributed by atoms with E-state index in [0.29, 0.717) is 11.3 Å². The van der Waals surface area contributed by atoms with E-state index in [1.165, 1.54) is 6.07 Å². The summed E-state index contributed by atoms with van der Waals surface area (Å²) >= 11 is 0. The molecule has 1 unspecified atom stereocenters. The van der Waals surface area contributed by atoms with Gasteiger partial charge >= 0.3 is 0 Å². The molecule has 0 saturated carbocycles. The van der Waals surface area contributed by atoms with Crippen molar-refractivity contribution in [3.63, 3.8) is 0 Å². The summed E-state index contributed by atoms with van der Waals surface area (Å²) in [7, 11) is -3.80. The van der Waals surface area contributed by atoms with Crippen LogP contribution in [-0.2, 0) is 16.4 Å². The zero-order valence-electron chi connectivity index (χ0n) is 12.6. The van der Waals surface area contributed by atoms with E-state index < -0.39 is 16.1 Å². The Kier molecular flexibility index (Phi) is 4.95. The quantitative estimate of drug-likeness (QED) is 0.882. The summed E-state index contributed by atoms with van der Waals surface area (Å²) in [6, 6.07) is 10.3. The Morgan fingerprint density at radius 2 is 1.91 bits per heavy atom. The number of pyridine rings is 1. The number of benzene rings is 1. The number of aliphatic hydroxyl groups excluding tert-OH is 1. The topological polar surface area (TPSA) is 93.3 Å². The summed E-state index contributed by atoms with van der Waals surface area (Å²) in [5.74, 6) is -0.0274. The summed E-state index contributed by atoms with van der Waals surface area (Å²) in [6.07, 6.45) is 1.10.